The van der Waals surface area contributed by atoms with Gasteiger partial charge in [0, 0.05) is 19.4 Å². The van der Waals surface area contributed by atoms with Gasteiger partial charge in [0.1, 0.15) is 17.0 Å². The number of nitrogens with zero attached hydrogens (tertiary/aromatic N) is 1. The number of carbonyl (C=O) groups excluding carboxylic acids is 3. The Balaban J connectivity index is 2.09. The summed E-state index contributed by atoms with van der Waals surface area (Å²) < 4.78 is 16.2. The summed E-state index contributed by atoms with van der Waals surface area (Å²) in [6.45, 7) is 12.0. The van der Waals surface area contributed by atoms with E-state index in [2.05, 4.69) is 0 Å². The van der Waals surface area contributed by atoms with Crippen LogP contribution in [0, 0.1) is 0 Å². The number of hydrogen-bond acceptors (Lipinski definition) is 6. The molecule has 1 aromatic rings. The molecule has 0 bridgehead atoms. The van der Waals surface area contributed by atoms with Gasteiger partial charge < -0.3 is 18.8 Å². The lowest BCUT2D eigenvalue weighted by Gasteiger charge is -2.23. The monoisotopic (exact) mass is 549 g/mol. The van der Waals surface area contributed by atoms with E-state index in [1.54, 1.807) is 17.2 Å². The average Bonchev–Trinajstić information content (AvgIpc) is 3.32. The van der Waals surface area contributed by atoms with Crippen molar-refractivity contribution < 1.29 is 28.3 Å². The Morgan fingerprint density at radius 1 is 0.667 bits per heavy atom. The summed E-state index contributed by atoms with van der Waals surface area (Å²) in [7, 11) is 0. The van der Waals surface area contributed by atoms with E-state index in [9.17, 15) is 14.4 Å². The smallest absolute Gasteiger partial charge is 0.308 e. The highest BCUT2D eigenvalue weighted by atomic mass is 16.6. The quantitative estimate of drug-likeness (QED) is 0.120. The summed E-state index contributed by atoms with van der Waals surface area (Å²) in [4.78, 5) is 38.4. The van der Waals surface area contributed by atoms with E-state index in [1.165, 1.54) is 44.9 Å². The third-order valence-electron chi connectivity index (χ3n) is 6.23. The number of rotatable bonds is 20. The molecule has 1 rings (SSSR count). The third-order valence-corrected chi connectivity index (χ3v) is 6.23. The van der Waals surface area contributed by atoms with Crippen LogP contribution in [0.4, 0.5) is 0 Å². The first-order chi connectivity index (χ1) is 18.4. The lowest BCUT2D eigenvalue weighted by molar-refractivity contribution is -0.156. The maximum atomic E-state index is 12.9. The van der Waals surface area contributed by atoms with Gasteiger partial charge in [0.2, 0.25) is 5.91 Å². The molecule has 224 valence electrons. The number of amides is 1. The van der Waals surface area contributed by atoms with Crippen LogP contribution in [0.1, 0.15) is 144 Å². The van der Waals surface area contributed by atoms with Crippen LogP contribution in [0.3, 0.4) is 0 Å². The Labute approximate surface area is 237 Å². The minimum atomic E-state index is -0.530. The fraction of sp³-hybridized carbons (Fsp3) is 0.781. The van der Waals surface area contributed by atoms with Crippen LogP contribution in [0.25, 0.3) is 0 Å². The van der Waals surface area contributed by atoms with Crippen molar-refractivity contribution in [3.8, 4) is 0 Å². The molecule has 0 aliphatic rings. The van der Waals surface area contributed by atoms with Crippen molar-refractivity contribution in [2.45, 2.75) is 156 Å². The molecule has 0 aromatic carbocycles. The molecular formula is C32H55NO6. The average molecular weight is 550 g/mol. The zero-order chi connectivity index (χ0) is 29.2. The van der Waals surface area contributed by atoms with Crippen molar-refractivity contribution in [1.82, 2.24) is 4.90 Å². The number of ether oxygens (including phenoxy) is 2. The molecule has 0 fully saturated rings. The molecule has 0 unspecified atom stereocenters. The Kier molecular flexibility index (Phi) is 16.8. The van der Waals surface area contributed by atoms with Crippen LogP contribution < -0.4 is 0 Å². The molecule has 7 heteroatoms. The summed E-state index contributed by atoms with van der Waals surface area (Å²) in [6.07, 6.45) is 16.5. The molecular weight excluding hydrogens is 494 g/mol. The number of hydrogen-bond donors (Lipinski definition) is 0. The zero-order valence-electron chi connectivity index (χ0n) is 25.6. The minimum Gasteiger partial charge on any atom is -0.467 e. The molecule has 39 heavy (non-hydrogen) atoms. The molecule has 7 nitrogen and oxygen atoms in total. The lowest BCUT2D eigenvalue weighted by Crippen LogP contribution is -2.33. The van der Waals surface area contributed by atoms with Crippen LogP contribution in [-0.4, -0.2) is 40.5 Å². The SMILES string of the molecule is CC(C)(C)OC(=O)CCCCCCCCCCCCCCC(=O)N(CCC(=O)OC(C)(C)C)Cc1ccco1. The normalized spacial score (nSPS) is 11.8. The Morgan fingerprint density at radius 3 is 1.54 bits per heavy atom. The largest absolute Gasteiger partial charge is 0.467 e. The van der Waals surface area contributed by atoms with E-state index in [0.717, 1.165) is 32.1 Å². The van der Waals surface area contributed by atoms with Gasteiger partial charge >= 0.3 is 11.9 Å². The summed E-state index contributed by atoms with van der Waals surface area (Å²) in [5.74, 6) is 0.392. The lowest BCUT2D eigenvalue weighted by atomic mass is 10.0. The second-order valence-electron chi connectivity index (χ2n) is 12.6. The highest BCUT2D eigenvalue weighted by Gasteiger charge is 2.20. The van der Waals surface area contributed by atoms with Gasteiger partial charge in [-0.05, 0) is 66.5 Å². The summed E-state index contributed by atoms with van der Waals surface area (Å²) >= 11 is 0. The summed E-state index contributed by atoms with van der Waals surface area (Å²) in [6, 6.07) is 3.65. The summed E-state index contributed by atoms with van der Waals surface area (Å²) in [5.41, 5.74) is -0.918. The molecule has 0 N–H and O–H groups in total. The van der Waals surface area contributed by atoms with E-state index in [1.807, 2.05) is 47.6 Å². The minimum absolute atomic E-state index is 0.0565. The first-order valence-electron chi connectivity index (χ1n) is 15.1. The number of furan rings is 1. The van der Waals surface area contributed by atoms with Crippen molar-refractivity contribution >= 4 is 17.8 Å². The number of esters is 2. The van der Waals surface area contributed by atoms with E-state index >= 15 is 0 Å². The van der Waals surface area contributed by atoms with Gasteiger partial charge in [-0.15, -0.1) is 0 Å². The van der Waals surface area contributed by atoms with Crippen molar-refractivity contribution in [2.24, 2.45) is 0 Å². The Bertz CT molecular complexity index is 804. The van der Waals surface area contributed by atoms with Gasteiger partial charge in [0.25, 0.3) is 0 Å². The first kappa shape index (κ1) is 34.7. The van der Waals surface area contributed by atoms with Gasteiger partial charge in [-0.25, -0.2) is 0 Å². The van der Waals surface area contributed by atoms with Crippen LogP contribution >= 0.6 is 0 Å². The standard InChI is InChI=1S/C32H55NO6/c1-31(2,3)38-29(35)22-18-16-14-12-10-8-7-9-11-13-15-17-21-28(34)33(26-27-20-19-25-37-27)24-23-30(36)39-32(4,5)6/h19-20,25H,7-18,21-24,26H2,1-6H3. The molecule has 0 atom stereocenters. The molecule has 0 aliphatic heterocycles. The Morgan fingerprint density at radius 2 is 1.10 bits per heavy atom. The third kappa shape index (κ3) is 20.3. The van der Waals surface area contributed by atoms with Crippen molar-refractivity contribution in [3.63, 3.8) is 0 Å². The molecule has 0 radical (unpaired) electrons. The van der Waals surface area contributed by atoms with Crippen LogP contribution in [0.5, 0.6) is 0 Å². The van der Waals surface area contributed by atoms with Crippen LogP contribution in [0.15, 0.2) is 22.8 Å². The molecule has 0 saturated heterocycles. The fourth-order valence-corrected chi connectivity index (χ4v) is 4.37. The highest BCUT2D eigenvalue weighted by molar-refractivity contribution is 5.77. The number of unbranched alkanes of at least 4 members (excludes halogenated alkanes) is 11. The van der Waals surface area contributed by atoms with E-state index < -0.39 is 5.60 Å². The fourth-order valence-electron chi connectivity index (χ4n) is 4.37. The van der Waals surface area contributed by atoms with Crippen LogP contribution in [-0.2, 0) is 30.4 Å². The van der Waals surface area contributed by atoms with E-state index in [4.69, 9.17) is 13.9 Å². The molecule has 1 amide bonds. The molecule has 0 spiro atoms. The van der Waals surface area contributed by atoms with Gasteiger partial charge in [-0.1, -0.05) is 64.2 Å². The molecule has 0 aliphatic carbocycles. The second kappa shape index (κ2) is 18.9. The van der Waals surface area contributed by atoms with Gasteiger partial charge in [-0.2, -0.15) is 0 Å². The number of carbonyl (C=O) groups is 3. The van der Waals surface area contributed by atoms with Crippen LogP contribution in [0.2, 0.25) is 0 Å². The van der Waals surface area contributed by atoms with Gasteiger partial charge in [-0.3, -0.25) is 14.4 Å². The van der Waals surface area contributed by atoms with Crippen molar-refractivity contribution in [2.75, 3.05) is 6.54 Å². The predicted octanol–water partition coefficient (Wildman–Crippen LogP) is 8.14. The van der Waals surface area contributed by atoms with Gasteiger partial charge in [0.05, 0.1) is 19.2 Å². The van der Waals surface area contributed by atoms with Crippen molar-refractivity contribution in [1.29, 1.82) is 0 Å². The zero-order valence-corrected chi connectivity index (χ0v) is 25.6. The predicted molar refractivity (Wildman–Crippen MR) is 155 cm³/mol. The summed E-state index contributed by atoms with van der Waals surface area (Å²) in [5, 5.41) is 0. The first-order valence-corrected chi connectivity index (χ1v) is 15.1. The Hall–Kier alpha value is -2.31. The van der Waals surface area contributed by atoms with E-state index in [0.29, 0.717) is 31.7 Å². The highest BCUT2D eigenvalue weighted by Crippen LogP contribution is 2.16. The second-order valence-corrected chi connectivity index (χ2v) is 12.6. The maximum Gasteiger partial charge on any atom is 0.308 e. The van der Waals surface area contributed by atoms with Crippen molar-refractivity contribution in [3.05, 3.63) is 24.2 Å². The van der Waals surface area contributed by atoms with Gasteiger partial charge in [0.15, 0.2) is 0 Å². The maximum absolute atomic E-state index is 12.9. The molecule has 1 heterocycles. The topological polar surface area (TPSA) is 86.1 Å². The molecule has 0 saturated carbocycles. The van der Waals surface area contributed by atoms with E-state index in [-0.39, 0.29) is 29.9 Å². The molecule has 1 aromatic heterocycles.